The van der Waals surface area contributed by atoms with Crippen LogP contribution in [0.1, 0.15) is 24.8 Å². The maximum absolute atomic E-state index is 14.0. The van der Waals surface area contributed by atoms with E-state index in [1.807, 2.05) is 23.1 Å². The van der Waals surface area contributed by atoms with Crippen LogP contribution in [0.4, 0.5) is 15.8 Å². The van der Waals surface area contributed by atoms with E-state index in [0.29, 0.717) is 31.9 Å². The normalized spacial score (nSPS) is 17.4. The van der Waals surface area contributed by atoms with E-state index in [0.717, 1.165) is 18.7 Å². The van der Waals surface area contributed by atoms with E-state index in [1.165, 1.54) is 31.0 Å². The van der Waals surface area contributed by atoms with Gasteiger partial charge in [0, 0.05) is 45.0 Å². The average Bonchev–Trinajstić information content (AvgIpc) is 2.83. The third kappa shape index (κ3) is 4.88. The van der Waals surface area contributed by atoms with Crippen LogP contribution in [0.15, 0.2) is 54.1 Å². The lowest BCUT2D eigenvalue weighted by atomic mass is 10.1. The van der Waals surface area contributed by atoms with Gasteiger partial charge >= 0.3 is 0 Å². The molecule has 0 N–H and O–H groups in total. The van der Waals surface area contributed by atoms with Crippen molar-refractivity contribution >= 4 is 23.4 Å². The second-order valence-electron chi connectivity index (χ2n) is 8.04. The van der Waals surface area contributed by atoms with E-state index in [-0.39, 0.29) is 17.3 Å². The number of nitrogens with zero attached hydrogens (tertiary/aromatic N) is 4. The van der Waals surface area contributed by atoms with Gasteiger partial charge in [0.15, 0.2) is 0 Å². The SMILES string of the molecule is N#C/C(=C\c1ccc(N2CCCCC2)cc1)C(=O)N1CCN(c2ccccc2F)CC1. The first-order chi connectivity index (χ1) is 15.2. The number of piperidine rings is 1. The minimum Gasteiger partial charge on any atom is -0.372 e. The Morgan fingerprint density at radius 1 is 0.871 bits per heavy atom. The van der Waals surface area contributed by atoms with Gasteiger partial charge in [-0.25, -0.2) is 4.39 Å². The van der Waals surface area contributed by atoms with Crippen LogP contribution >= 0.6 is 0 Å². The number of halogens is 1. The molecule has 160 valence electrons. The summed E-state index contributed by atoms with van der Waals surface area (Å²) < 4.78 is 14.0. The number of amides is 1. The molecule has 0 spiro atoms. The molecule has 0 radical (unpaired) electrons. The number of para-hydroxylation sites is 1. The fourth-order valence-electron chi connectivity index (χ4n) is 4.27. The lowest BCUT2D eigenvalue weighted by Gasteiger charge is -2.36. The number of anilines is 2. The van der Waals surface area contributed by atoms with E-state index in [4.69, 9.17) is 0 Å². The summed E-state index contributed by atoms with van der Waals surface area (Å²) in [6.07, 6.45) is 5.39. The Labute approximate surface area is 183 Å². The highest BCUT2D eigenvalue weighted by Gasteiger charge is 2.25. The van der Waals surface area contributed by atoms with Crippen LogP contribution in [-0.4, -0.2) is 50.1 Å². The number of benzene rings is 2. The Bertz CT molecular complexity index is 981. The van der Waals surface area contributed by atoms with E-state index >= 15 is 0 Å². The van der Waals surface area contributed by atoms with Gasteiger partial charge < -0.3 is 14.7 Å². The minimum atomic E-state index is -0.268. The van der Waals surface area contributed by atoms with Crippen LogP contribution in [0.5, 0.6) is 0 Å². The molecule has 31 heavy (non-hydrogen) atoms. The van der Waals surface area contributed by atoms with Crippen LogP contribution in [0, 0.1) is 17.1 Å². The Morgan fingerprint density at radius 2 is 1.55 bits per heavy atom. The second kappa shape index (κ2) is 9.65. The molecule has 0 unspecified atom stereocenters. The summed E-state index contributed by atoms with van der Waals surface area (Å²) >= 11 is 0. The first kappa shape index (κ1) is 20.9. The van der Waals surface area contributed by atoms with Crippen LogP contribution in [0.3, 0.4) is 0 Å². The summed E-state index contributed by atoms with van der Waals surface area (Å²) in [5.74, 6) is -0.524. The smallest absolute Gasteiger partial charge is 0.264 e. The monoisotopic (exact) mass is 418 g/mol. The van der Waals surface area contributed by atoms with Gasteiger partial charge in [0.05, 0.1) is 5.69 Å². The van der Waals surface area contributed by atoms with Gasteiger partial charge in [-0.3, -0.25) is 4.79 Å². The van der Waals surface area contributed by atoms with Crippen molar-refractivity contribution in [3.63, 3.8) is 0 Å². The van der Waals surface area contributed by atoms with Gasteiger partial charge in [-0.15, -0.1) is 0 Å². The number of carbonyl (C=O) groups is 1. The molecule has 0 atom stereocenters. The van der Waals surface area contributed by atoms with Gasteiger partial charge in [-0.2, -0.15) is 5.26 Å². The van der Waals surface area contributed by atoms with Crippen LogP contribution in [0.25, 0.3) is 6.08 Å². The first-order valence-corrected chi connectivity index (χ1v) is 10.9. The summed E-state index contributed by atoms with van der Waals surface area (Å²) in [4.78, 5) is 18.9. The molecule has 2 heterocycles. The second-order valence-corrected chi connectivity index (χ2v) is 8.04. The summed E-state index contributed by atoms with van der Waals surface area (Å²) in [5, 5.41) is 9.58. The Hall–Kier alpha value is -3.33. The lowest BCUT2D eigenvalue weighted by Crippen LogP contribution is -2.49. The van der Waals surface area contributed by atoms with Crippen molar-refractivity contribution in [2.45, 2.75) is 19.3 Å². The largest absolute Gasteiger partial charge is 0.372 e. The predicted octanol–water partition coefficient (Wildman–Crippen LogP) is 4.07. The number of nitriles is 1. The van der Waals surface area contributed by atoms with Crippen molar-refractivity contribution in [3.8, 4) is 6.07 Å². The van der Waals surface area contributed by atoms with E-state index in [9.17, 15) is 14.4 Å². The lowest BCUT2D eigenvalue weighted by molar-refractivity contribution is -0.126. The molecule has 1 amide bonds. The molecule has 0 aromatic heterocycles. The van der Waals surface area contributed by atoms with Crippen molar-refractivity contribution in [3.05, 3.63) is 65.5 Å². The molecule has 2 fully saturated rings. The van der Waals surface area contributed by atoms with Crippen LogP contribution in [-0.2, 0) is 4.79 Å². The summed E-state index contributed by atoms with van der Waals surface area (Å²) in [5.41, 5.74) is 2.71. The highest BCUT2D eigenvalue weighted by molar-refractivity contribution is 6.01. The van der Waals surface area contributed by atoms with E-state index in [2.05, 4.69) is 23.1 Å². The molecule has 4 rings (SSSR count). The zero-order valence-electron chi connectivity index (χ0n) is 17.6. The third-order valence-corrected chi connectivity index (χ3v) is 6.04. The van der Waals surface area contributed by atoms with Crippen LogP contribution < -0.4 is 9.80 Å². The number of rotatable bonds is 4. The van der Waals surface area contributed by atoms with Crippen LogP contribution in [0.2, 0.25) is 0 Å². The number of hydrogen-bond acceptors (Lipinski definition) is 4. The molecular formula is C25H27FN4O. The molecule has 0 aliphatic carbocycles. The standard InChI is InChI=1S/C25H27FN4O/c26-23-6-2-3-7-24(23)29-14-16-30(17-15-29)25(31)21(19-27)18-20-8-10-22(11-9-20)28-12-4-1-5-13-28/h2-3,6-11,18H,1,4-5,12-17H2/b21-18+. The predicted molar refractivity (Wildman–Crippen MR) is 121 cm³/mol. The highest BCUT2D eigenvalue weighted by atomic mass is 19.1. The van der Waals surface area contributed by atoms with Gasteiger partial charge in [-0.1, -0.05) is 24.3 Å². The number of piperazine rings is 1. The Kier molecular flexibility index (Phi) is 6.51. The van der Waals surface area contributed by atoms with E-state index < -0.39 is 0 Å². The van der Waals surface area contributed by atoms with Gasteiger partial charge in [0.2, 0.25) is 0 Å². The summed E-state index contributed by atoms with van der Waals surface area (Å²) in [6, 6.07) is 16.8. The zero-order chi connectivity index (χ0) is 21.6. The summed E-state index contributed by atoms with van der Waals surface area (Å²) in [7, 11) is 0. The molecule has 2 aromatic rings. The highest BCUT2D eigenvalue weighted by Crippen LogP contribution is 2.23. The molecule has 5 nitrogen and oxygen atoms in total. The number of carbonyl (C=O) groups excluding carboxylic acids is 1. The first-order valence-electron chi connectivity index (χ1n) is 10.9. The van der Waals surface area contributed by atoms with Crippen molar-refractivity contribution in [2.75, 3.05) is 49.1 Å². The van der Waals surface area contributed by atoms with Crippen molar-refractivity contribution in [2.24, 2.45) is 0 Å². The topological polar surface area (TPSA) is 50.6 Å². The summed E-state index contributed by atoms with van der Waals surface area (Å²) in [6.45, 7) is 4.15. The van der Waals surface area contributed by atoms with E-state index in [1.54, 1.807) is 23.1 Å². The molecule has 6 heteroatoms. The van der Waals surface area contributed by atoms with Gasteiger partial charge in [-0.05, 0) is 55.2 Å². The molecular weight excluding hydrogens is 391 g/mol. The fourth-order valence-corrected chi connectivity index (χ4v) is 4.27. The Morgan fingerprint density at radius 3 is 2.19 bits per heavy atom. The maximum atomic E-state index is 14.0. The fraction of sp³-hybridized carbons (Fsp3) is 0.360. The quantitative estimate of drug-likeness (QED) is 0.555. The molecule has 0 bridgehead atoms. The molecule has 2 aliphatic heterocycles. The van der Waals surface area contributed by atoms with Crippen molar-refractivity contribution in [1.82, 2.24) is 4.90 Å². The molecule has 2 saturated heterocycles. The Balaban J connectivity index is 1.40. The minimum absolute atomic E-state index is 0.130. The van der Waals surface area contributed by atoms with Crippen molar-refractivity contribution in [1.29, 1.82) is 5.26 Å². The molecule has 0 saturated carbocycles. The average molecular weight is 419 g/mol. The van der Waals surface area contributed by atoms with Gasteiger partial charge in [0.1, 0.15) is 17.5 Å². The van der Waals surface area contributed by atoms with Gasteiger partial charge in [0.25, 0.3) is 5.91 Å². The molecule has 2 aromatic carbocycles. The third-order valence-electron chi connectivity index (χ3n) is 6.04. The number of hydrogen-bond donors (Lipinski definition) is 0. The molecule has 2 aliphatic rings. The zero-order valence-corrected chi connectivity index (χ0v) is 17.6. The van der Waals surface area contributed by atoms with Crippen molar-refractivity contribution < 1.29 is 9.18 Å². The maximum Gasteiger partial charge on any atom is 0.264 e.